The van der Waals surface area contributed by atoms with E-state index in [0.29, 0.717) is 13.0 Å². The van der Waals surface area contributed by atoms with E-state index in [9.17, 15) is 14.9 Å². The van der Waals surface area contributed by atoms with Crippen molar-refractivity contribution < 1.29 is 14.5 Å². The lowest BCUT2D eigenvalue weighted by Crippen LogP contribution is -2.20. The molecule has 1 aliphatic rings. The second-order valence-electron chi connectivity index (χ2n) is 3.64. The molecule has 0 spiro atoms. The van der Waals surface area contributed by atoms with Crippen LogP contribution < -0.4 is 0 Å². The van der Waals surface area contributed by atoms with Gasteiger partial charge in [0.05, 0.1) is 10.5 Å². The molecule has 84 valence electrons. The van der Waals surface area contributed by atoms with Crippen molar-refractivity contribution in [3.63, 3.8) is 0 Å². The third-order valence-corrected chi connectivity index (χ3v) is 2.59. The number of carbonyl (C=O) groups excluding carboxylic acids is 1. The standard InChI is InChI=1S/C11H11NO4/c13-11(10-6-3-7-16-10)8-4-1-2-5-9(8)12(14)15/h1-2,4-5,10H,3,6-7H2. The molecule has 1 aromatic rings. The van der Waals surface area contributed by atoms with Gasteiger partial charge in [-0.25, -0.2) is 0 Å². The molecule has 1 unspecified atom stereocenters. The van der Waals surface area contributed by atoms with Crippen LogP contribution in [0.15, 0.2) is 24.3 Å². The molecule has 1 aromatic carbocycles. The number of ether oxygens (including phenoxy) is 1. The normalized spacial score (nSPS) is 19.6. The summed E-state index contributed by atoms with van der Waals surface area (Å²) in [5.41, 5.74) is -0.0117. The third kappa shape index (κ3) is 1.94. The summed E-state index contributed by atoms with van der Waals surface area (Å²) in [4.78, 5) is 22.2. The van der Waals surface area contributed by atoms with Gasteiger partial charge in [-0.1, -0.05) is 12.1 Å². The molecule has 0 aromatic heterocycles. The Hall–Kier alpha value is -1.75. The van der Waals surface area contributed by atoms with Crippen molar-refractivity contribution in [3.05, 3.63) is 39.9 Å². The summed E-state index contributed by atoms with van der Waals surface area (Å²) in [5, 5.41) is 10.8. The lowest BCUT2D eigenvalue weighted by Gasteiger charge is -2.07. The molecule has 0 bridgehead atoms. The van der Waals surface area contributed by atoms with E-state index in [0.717, 1.165) is 6.42 Å². The molecule has 1 atom stereocenters. The Labute approximate surface area is 92.2 Å². The van der Waals surface area contributed by atoms with E-state index in [2.05, 4.69) is 0 Å². The Morgan fingerprint density at radius 3 is 2.81 bits per heavy atom. The van der Waals surface area contributed by atoms with E-state index in [4.69, 9.17) is 4.74 Å². The zero-order valence-electron chi connectivity index (χ0n) is 8.59. The first-order valence-electron chi connectivity index (χ1n) is 5.09. The fourth-order valence-electron chi connectivity index (χ4n) is 1.80. The van der Waals surface area contributed by atoms with Gasteiger partial charge >= 0.3 is 0 Å². The van der Waals surface area contributed by atoms with Gasteiger partial charge < -0.3 is 4.74 Å². The molecule has 0 N–H and O–H groups in total. The maximum Gasteiger partial charge on any atom is 0.280 e. The molecular formula is C11H11NO4. The van der Waals surface area contributed by atoms with Crippen molar-refractivity contribution in [2.45, 2.75) is 18.9 Å². The summed E-state index contributed by atoms with van der Waals surface area (Å²) in [6.45, 7) is 0.553. The van der Waals surface area contributed by atoms with Gasteiger partial charge in [0, 0.05) is 12.7 Å². The van der Waals surface area contributed by atoms with Crippen molar-refractivity contribution in [1.29, 1.82) is 0 Å². The fraction of sp³-hybridized carbons (Fsp3) is 0.364. The van der Waals surface area contributed by atoms with Crippen molar-refractivity contribution in [3.8, 4) is 0 Å². The van der Waals surface area contributed by atoms with Gasteiger partial charge in [-0.15, -0.1) is 0 Å². The van der Waals surface area contributed by atoms with E-state index in [1.807, 2.05) is 0 Å². The molecule has 1 heterocycles. The van der Waals surface area contributed by atoms with Gasteiger partial charge in [0.2, 0.25) is 0 Å². The number of nitro groups is 1. The SMILES string of the molecule is O=C(c1ccccc1[N+](=O)[O-])C1CCCO1. The van der Waals surface area contributed by atoms with Crippen molar-refractivity contribution >= 4 is 11.5 Å². The quantitative estimate of drug-likeness (QED) is 0.444. The highest BCUT2D eigenvalue weighted by molar-refractivity contribution is 6.02. The number of rotatable bonds is 3. The van der Waals surface area contributed by atoms with Crippen LogP contribution in [0.4, 0.5) is 5.69 Å². The van der Waals surface area contributed by atoms with Crippen LogP contribution in [0.3, 0.4) is 0 Å². The van der Waals surface area contributed by atoms with Gasteiger partial charge in [-0.05, 0) is 18.9 Å². The van der Waals surface area contributed by atoms with E-state index >= 15 is 0 Å². The number of carbonyl (C=O) groups is 1. The monoisotopic (exact) mass is 221 g/mol. The maximum absolute atomic E-state index is 11.9. The minimum Gasteiger partial charge on any atom is -0.370 e. The summed E-state index contributed by atoms with van der Waals surface area (Å²) >= 11 is 0. The first-order chi connectivity index (χ1) is 7.70. The predicted molar refractivity (Wildman–Crippen MR) is 56.4 cm³/mol. The summed E-state index contributed by atoms with van der Waals surface area (Å²) in [7, 11) is 0. The third-order valence-electron chi connectivity index (χ3n) is 2.59. The van der Waals surface area contributed by atoms with Crippen molar-refractivity contribution in [1.82, 2.24) is 0 Å². The lowest BCUT2D eigenvalue weighted by atomic mass is 10.0. The molecule has 5 nitrogen and oxygen atoms in total. The molecule has 1 saturated heterocycles. The Morgan fingerprint density at radius 1 is 1.44 bits per heavy atom. The van der Waals surface area contributed by atoms with E-state index in [1.165, 1.54) is 12.1 Å². The molecule has 0 radical (unpaired) electrons. The molecule has 2 rings (SSSR count). The van der Waals surface area contributed by atoms with E-state index < -0.39 is 11.0 Å². The highest BCUT2D eigenvalue weighted by Gasteiger charge is 2.29. The van der Waals surface area contributed by atoms with Crippen LogP contribution in [-0.4, -0.2) is 23.4 Å². The van der Waals surface area contributed by atoms with E-state index in [-0.39, 0.29) is 17.0 Å². The van der Waals surface area contributed by atoms with Crippen LogP contribution in [0.25, 0.3) is 0 Å². The maximum atomic E-state index is 11.9. The lowest BCUT2D eigenvalue weighted by molar-refractivity contribution is -0.385. The average Bonchev–Trinajstić information content (AvgIpc) is 2.81. The van der Waals surface area contributed by atoms with Gasteiger partial charge in [-0.2, -0.15) is 0 Å². The molecule has 5 heteroatoms. The molecule has 0 amide bonds. The second-order valence-corrected chi connectivity index (χ2v) is 3.64. The first-order valence-corrected chi connectivity index (χ1v) is 5.09. The predicted octanol–water partition coefficient (Wildman–Crippen LogP) is 1.96. The topological polar surface area (TPSA) is 69.4 Å². The zero-order chi connectivity index (χ0) is 11.5. The summed E-state index contributed by atoms with van der Waals surface area (Å²) in [6, 6.07) is 5.98. The number of hydrogen-bond acceptors (Lipinski definition) is 4. The van der Waals surface area contributed by atoms with Crippen LogP contribution in [0, 0.1) is 10.1 Å². The molecule has 0 aliphatic carbocycles. The summed E-state index contributed by atoms with van der Waals surface area (Å²) in [5.74, 6) is -0.287. The molecule has 16 heavy (non-hydrogen) atoms. The smallest absolute Gasteiger partial charge is 0.280 e. The van der Waals surface area contributed by atoms with Crippen LogP contribution >= 0.6 is 0 Å². The number of nitro benzene ring substituents is 1. The van der Waals surface area contributed by atoms with Gasteiger partial charge in [0.15, 0.2) is 5.78 Å². The number of nitrogens with zero attached hydrogens (tertiary/aromatic N) is 1. The first kappa shape index (κ1) is 10.8. The van der Waals surface area contributed by atoms with Gasteiger partial charge in [0.1, 0.15) is 6.10 Å². The number of Topliss-reactive ketones (excluding diaryl/α,β-unsaturated/α-hetero) is 1. The molecule has 1 aliphatic heterocycles. The Bertz CT molecular complexity index is 424. The largest absolute Gasteiger partial charge is 0.370 e. The highest BCUT2D eigenvalue weighted by atomic mass is 16.6. The Kier molecular flexibility index (Phi) is 2.96. The Balaban J connectivity index is 2.32. The Morgan fingerprint density at radius 2 is 2.19 bits per heavy atom. The minimum absolute atomic E-state index is 0.138. The summed E-state index contributed by atoms with van der Waals surface area (Å²) in [6.07, 6.45) is 0.961. The number of para-hydroxylation sites is 1. The molecule has 0 saturated carbocycles. The summed E-state index contributed by atoms with van der Waals surface area (Å²) < 4.78 is 5.23. The average molecular weight is 221 g/mol. The fourth-order valence-corrected chi connectivity index (χ4v) is 1.80. The molecular weight excluding hydrogens is 210 g/mol. The van der Waals surface area contributed by atoms with Crippen LogP contribution in [0.1, 0.15) is 23.2 Å². The van der Waals surface area contributed by atoms with Gasteiger partial charge in [0.25, 0.3) is 5.69 Å². The van der Waals surface area contributed by atoms with Crippen LogP contribution in [-0.2, 0) is 4.74 Å². The van der Waals surface area contributed by atoms with E-state index in [1.54, 1.807) is 12.1 Å². The van der Waals surface area contributed by atoms with Crippen molar-refractivity contribution in [2.24, 2.45) is 0 Å². The number of ketones is 1. The van der Waals surface area contributed by atoms with Crippen LogP contribution in [0.5, 0.6) is 0 Å². The zero-order valence-corrected chi connectivity index (χ0v) is 8.59. The minimum atomic E-state index is -0.539. The number of benzene rings is 1. The number of hydrogen-bond donors (Lipinski definition) is 0. The van der Waals surface area contributed by atoms with Crippen molar-refractivity contribution in [2.75, 3.05) is 6.61 Å². The highest BCUT2D eigenvalue weighted by Crippen LogP contribution is 2.23. The second kappa shape index (κ2) is 4.40. The van der Waals surface area contributed by atoms with Crippen LogP contribution in [0.2, 0.25) is 0 Å². The molecule has 1 fully saturated rings. The van der Waals surface area contributed by atoms with Gasteiger partial charge in [-0.3, -0.25) is 14.9 Å².